The van der Waals surface area contributed by atoms with Crippen LogP contribution in [0.25, 0.3) is 17.4 Å². The molecule has 9 heteroatoms. The Morgan fingerprint density at radius 2 is 1.89 bits per heavy atom. The standard InChI is InChI=1S/C26H16FN3O4S/c27-18-7-9-19(10-8-18)29-26-30(23-6-1-2-13-28-23)24(31)22(35-26)15-20-11-12-21(34-20)16-4-3-5-17(14-16)25(32)33/h1-15H,(H,32,33)/b22-15-,29-26?. The summed E-state index contributed by atoms with van der Waals surface area (Å²) in [5.74, 6) is -0.455. The van der Waals surface area contributed by atoms with Crippen LogP contribution < -0.4 is 4.90 Å². The second kappa shape index (κ2) is 9.40. The lowest BCUT2D eigenvalue weighted by molar-refractivity contribution is -0.113. The molecule has 0 unspecified atom stereocenters. The van der Waals surface area contributed by atoms with Gasteiger partial charge >= 0.3 is 5.97 Å². The molecule has 0 atom stereocenters. The van der Waals surface area contributed by atoms with Gasteiger partial charge in [0.15, 0.2) is 5.17 Å². The lowest BCUT2D eigenvalue weighted by Crippen LogP contribution is -2.29. The zero-order chi connectivity index (χ0) is 24.4. The first-order chi connectivity index (χ1) is 17.0. The lowest BCUT2D eigenvalue weighted by Gasteiger charge is -2.14. The number of nitrogens with zero attached hydrogens (tertiary/aromatic N) is 3. The van der Waals surface area contributed by atoms with Crippen LogP contribution in [-0.4, -0.2) is 27.1 Å². The van der Waals surface area contributed by atoms with Gasteiger partial charge in [-0.1, -0.05) is 18.2 Å². The van der Waals surface area contributed by atoms with Crippen LogP contribution in [-0.2, 0) is 4.79 Å². The average molecular weight is 485 g/mol. The number of aliphatic imine (C=N–C) groups is 1. The maximum absolute atomic E-state index is 13.3. The number of anilines is 1. The number of amides is 1. The summed E-state index contributed by atoms with van der Waals surface area (Å²) in [5.41, 5.74) is 1.24. The Morgan fingerprint density at radius 3 is 2.63 bits per heavy atom. The van der Waals surface area contributed by atoms with Crippen molar-refractivity contribution in [1.82, 2.24) is 4.98 Å². The number of carboxylic acid groups (broad SMARTS) is 1. The third-order valence-corrected chi connectivity index (χ3v) is 6.00. The zero-order valence-electron chi connectivity index (χ0n) is 18.0. The van der Waals surface area contributed by atoms with Crippen molar-refractivity contribution in [2.24, 2.45) is 4.99 Å². The minimum atomic E-state index is -1.03. The lowest BCUT2D eigenvalue weighted by atomic mass is 10.1. The van der Waals surface area contributed by atoms with Gasteiger partial charge < -0.3 is 9.52 Å². The van der Waals surface area contributed by atoms with E-state index >= 15 is 0 Å². The summed E-state index contributed by atoms with van der Waals surface area (Å²) >= 11 is 1.14. The number of benzene rings is 2. The van der Waals surface area contributed by atoms with Crippen LogP contribution in [0.1, 0.15) is 16.1 Å². The number of carbonyl (C=O) groups is 2. The molecular formula is C26H16FN3O4S. The van der Waals surface area contributed by atoms with Gasteiger partial charge in [0.1, 0.15) is 23.2 Å². The van der Waals surface area contributed by atoms with E-state index in [4.69, 9.17) is 4.42 Å². The summed E-state index contributed by atoms with van der Waals surface area (Å²) in [6.07, 6.45) is 3.18. The first-order valence-corrected chi connectivity index (χ1v) is 11.2. The van der Waals surface area contributed by atoms with Crippen LogP contribution in [0.3, 0.4) is 0 Å². The van der Waals surface area contributed by atoms with Gasteiger partial charge in [-0.05, 0) is 72.4 Å². The third kappa shape index (κ3) is 4.75. The van der Waals surface area contributed by atoms with Gasteiger partial charge in [-0.3, -0.25) is 4.79 Å². The molecule has 0 bridgehead atoms. The van der Waals surface area contributed by atoms with Gasteiger partial charge in [-0.2, -0.15) is 0 Å². The van der Waals surface area contributed by atoms with Crippen LogP contribution in [0.15, 0.2) is 99.4 Å². The van der Waals surface area contributed by atoms with E-state index in [1.807, 2.05) is 0 Å². The zero-order valence-corrected chi connectivity index (χ0v) is 18.8. The monoisotopic (exact) mass is 485 g/mol. The fraction of sp³-hybridized carbons (Fsp3) is 0. The number of amidine groups is 1. The molecule has 1 fully saturated rings. The van der Waals surface area contributed by atoms with Crippen molar-refractivity contribution < 1.29 is 23.5 Å². The van der Waals surface area contributed by atoms with Crippen molar-refractivity contribution >= 4 is 46.4 Å². The van der Waals surface area contributed by atoms with Gasteiger partial charge in [-0.15, -0.1) is 0 Å². The molecule has 1 amide bonds. The number of halogens is 1. The first kappa shape index (κ1) is 22.3. The predicted octanol–water partition coefficient (Wildman–Crippen LogP) is 5.99. The highest BCUT2D eigenvalue weighted by Gasteiger charge is 2.35. The summed E-state index contributed by atoms with van der Waals surface area (Å²) in [7, 11) is 0. The number of thioether (sulfide) groups is 1. The Morgan fingerprint density at radius 1 is 1.06 bits per heavy atom. The van der Waals surface area contributed by atoms with Gasteiger partial charge in [0.25, 0.3) is 5.91 Å². The summed E-state index contributed by atoms with van der Waals surface area (Å²) in [4.78, 5) is 35.1. The Hall–Kier alpha value is -4.50. The molecule has 0 aliphatic carbocycles. The van der Waals surface area contributed by atoms with E-state index in [0.29, 0.717) is 38.7 Å². The van der Waals surface area contributed by atoms with Crippen LogP contribution in [0, 0.1) is 5.82 Å². The predicted molar refractivity (Wildman–Crippen MR) is 132 cm³/mol. The molecule has 1 N–H and O–H groups in total. The second-order valence-corrected chi connectivity index (χ2v) is 8.41. The van der Waals surface area contributed by atoms with Crippen molar-refractivity contribution in [2.75, 3.05) is 4.90 Å². The van der Waals surface area contributed by atoms with Crippen molar-refractivity contribution in [3.8, 4) is 11.3 Å². The summed E-state index contributed by atoms with van der Waals surface area (Å²) in [6.45, 7) is 0. The average Bonchev–Trinajstić information content (AvgIpc) is 3.46. The number of pyridine rings is 1. The summed E-state index contributed by atoms with van der Waals surface area (Å²) in [5, 5.41) is 9.59. The molecule has 4 aromatic rings. The molecule has 0 spiro atoms. The van der Waals surface area contributed by atoms with E-state index in [-0.39, 0.29) is 17.3 Å². The van der Waals surface area contributed by atoms with Gasteiger partial charge in [0, 0.05) is 17.8 Å². The Balaban J connectivity index is 1.49. The minimum Gasteiger partial charge on any atom is -0.478 e. The number of carbonyl (C=O) groups excluding carboxylic acids is 1. The molecule has 35 heavy (non-hydrogen) atoms. The van der Waals surface area contributed by atoms with E-state index in [0.717, 1.165) is 11.8 Å². The number of hydrogen-bond donors (Lipinski definition) is 1. The number of hydrogen-bond acceptors (Lipinski definition) is 6. The molecule has 0 radical (unpaired) electrons. The smallest absolute Gasteiger partial charge is 0.335 e. The number of aromatic carboxylic acids is 1. The fourth-order valence-electron chi connectivity index (χ4n) is 3.38. The molecule has 2 aromatic carbocycles. The highest BCUT2D eigenvalue weighted by molar-refractivity contribution is 8.19. The molecule has 172 valence electrons. The van der Waals surface area contributed by atoms with Crippen molar-refractivity contribution in [3.63, 3.8) is 0 Å². The van der Waals surface area contributed by atoms with Crippen LogP contribution in [0.4, 0.5) is 15.9 Å². The summed E-state index contributed by atoms with van der Waals surface area (Å²) < 4.78 is 19.2. The fourth-order valence-corrected chi connectivity index (χ4v) is 4.35. The number of rotatable bonds is 5. The van der Waals surface area contributed by atoms with Crippen molar-refractivity contribution in [1.29, 1.82) is 0 Å². The SMILES string of the molecule is O=C(O)c1cccc(-c2ccc(/C=C3\SC(=Nc4ccc(F)cc4)N(c4ccccn4)C3=O)o2)c1. The van der Waals surface area contributed by atoms with Crippen molar-refractivity contribution in [3.05, 3.63) is 107 Å². The molecule has 7 nitrogen and oxygen atoms in total. The molecule has 1 saturated heterocycles. The molecule has 1 aliphatic heterocycles. The first-order valence-electron chi connectivity index (χ1n) is 10.4. The van der Waals surface area contributed by atoms with E-state index in [2.05, 4.69) is 9.98 Å². The quantitative estimate of drug-likeness (QED) is 0.349. The topological polar surface area (TPSA) is 96.0 Å². The van der Waals surface area contributed by atoms with E-state index in [1.54, 1.807) is 54.7 Å². The van der Waals surface area contributed by atoms with Gasteiger partial charge in [0.05, 0.1) is 16.2 Å². The molecule has 5 rings (SSSR count). The maximum Gasteiger partial charge on any atom is 0.335 e. The summed E-state index contributed by atoms with van der Waals surface area (Å²) in [6, 6.07) is 20.7. The number of furan rings is 1. The van der Waals surface area contributed by atoms with Crippen LogP contribution in [0.5, 0.6) is 0 Å². The Kier molecular flexibility index (Phi) is 5.99. The highest BCUT2D eigenvalue weighted by Crippen LogP contribution is 2.37. The minimum absolute atomic E-state index is 0.146. The Bertz CT molecular complexity index is 1480. The maximum atomic E-state index is 13.3. The number of carboxylic acids is 1. The molecular weight excluding hydrogens is 469 g/mol. The van der Waals surface area contributed by atoms with E-state index < -0.39 is 5.97 Å². The van der Waals surface area contributed by atoms with Crippen LogP contribution in [0.2, 0.25) is 0 Å². The molecule has 1 aliphatic rings. The molecule has 2 aromatic heterocycles. The van der Waals surface area contributed by atoms with Crippen LogP contribution >= 0.6 is 11.8 Å². The third-order valence-electron chi connectivity index (χ3n) is 5.03. The van der Waals surface area contributed by atoms with E-state index in [1.165, 1.54) is 41.3 Å². The van der Waals surface area contributed by atoms with Gasteiger partial charge in [0.2, 0.25) is 0 Å². The Labute approximate surface area is 203 Å². The molecule has 3 heterocycles. The number of aromatic nitrogens is 1. The highest BCUT2D eigenvalue weighted by atomic mass is 32.2. The largest absolute Gasteiger partial charge is 0.478 e. The normalized spacial score (nSPS) is 15.8. The van der Waals surface area contributed by atoms with Crippen molar-refractivity contribution in [2.45, 2.75) is 0 Å². The van der Waals surface area contributed by atoms with Gasteiger partial charge in [-0.25, -0.2) is 24.1 Å². The second-order valence-electron chi connectivity index (χ2n) is 7.40. The molecule has 0 saturated carbocycles. The van der Waals surface area contributed by atoms with E-state index in [9.17, 15) is 19.1 Å².